The van der Waals surface area contributed by atoms with Gasteiger partial charge >= 0.3 is 0 Å². The maximum Gasteiger partial charge on any atom is 0.0860 e. The quantitative estimate of drug-likeness (QED) is 0.896. The van der Waals surface area contributed by atoms with Crippen molar-refractivity contribution in [3.8, 4) is 0 Å². The molecule has 1 aliphatic heterocycles. The van der Waals surface area contributed by atoms with Crippen LogP contribution in [0.3, 0.4) is 0 Å². The number of ether oxygens (including phenoxy) is 1. The van der Waals surface area contributed by atoms with Crippen LogP contribution in [-0.2, 0) is 18.3 Å². The fourth-order valence-corrected chi connectivity index (χ4v) is 2.47. The standard InChI is InChI=1S/C12H20ClN3O/c1-8(10-4-5-17-7-10)14-6-11-12(13)9(2)15-16(11)3/h8,10,14H,4-7H2,1-3H3. The maximum absolute atomic E-state index is 6.21. The van der Waals surface area contributed by atoms with Crippen molar-refractivity contribution in [1.29, 1.82) is 0 Å². The highest BCUT2D eigenvalue weighted by atomic mass is 35.5. The van der Waals surface area contributed by atoms with Gasteiger partial charge in [-0.1, -0.05) is 11.6 Å². The van der Waals surface area contributed by atoms with Crippen LogP contribution in [0.15, 0.2) is 0 Å². The second-order valence-corrected chi connectivity index (χ2v) is 5.14. The molecule has 0 bridgehead atoms. The lowest BCUT2D eigenvalue weighted by molar-refractivity contribution is 0.178. The van der Waals surface area contributed by atoms with Crippen LogP contribution in [0, 0.1) is 12.8 Å². The molecule has 1 fully saturated rings. The number of hydrogen-bond acceptors (Lipinski definition) is 3. The number of hydrogen-bond donors (Lipinski definition) is 1. The Kier molecular flexibility index (Phi) is 4.07. The number of halogens is 1. The zero-order valence-corrected chi connectivity index (χ0v) is 11.4. The Labute approximate surface area is 107 Å². The van der Waals surface area contributed by atoms with Gasteiger partial charge in [0, 0.05) is 26.2 Å². The Morgan fingerprint density at radius 2 is 2.41 bits per heavy atom. The van der Waals surface area contributed by atoms with Gasteiger partial charge in [-0.25, -0.2) is 0 Å². The molecule has 1 saturated heterocycles. The van der Waals surface area contributed by atoms with E-state index in [9.17, 15) is 0 Å². The van der Waals surface area contributed by atoms with E-state index < -0.39 is 0 Å². The molecule has 0 aromatic carbocycles. The van der Waals surface area contributed by atoms with Crippen molar-refractivity contribution in [3.05, 3.63) is 16.4 Å². The van der Waals surface area contributed by atoms with E-state index in [2.05, 4.69) is 17.3 Å². The van der Waals surface area contributed by atoms with Crippen LogP contribution >= 0.6 is 11.6 Å². The van der Waals surface area contributed by atoms with E-state index in [0.29, 0.717) is 12.0 Å². The second kappa shape index (κ2) is 5.38. The van der Waals surface area contributed by atoms with Crippen molar-refractivity contribution < 1.29 is 4.74 Å². The normalized spacial score (nSPS) is 22.0. The average molecular weight is 258 g/mol. The van der Waals surface area contributed by atoms with Crippen molar-refractivity contribution in [3.63, 3.8) is 0 Å². The van der Waals surface area contributed by atoms with Crippen LogP contribution in [0.4, 0.5) is 0 Å². The summed E-state index contributed by atoms with van der Waals surface area (Å²) >= 11 is 6.21. The molecule has 2 rings (SSSR count). The van der Waals surface area contributed by atoms with E-state index in [1.807, 2.05) is 18.7 Å². The minimum Gasteiger partial charge on any atom is -0.381 e. The van der Waals surface area contributed by atoms with E-state index in [-0.39, 0.29) is 0 Å². The monoisotopic (exact) mass is 257 g/mol. The Bertz CT molecular complexity index is 385. The van der Waals surface area contributed by atoms with E-state index in [0.717, 1.165) is 42.6 Å². The fraction of sp³-hybridized carbons (Fsp3) is 0.750. The zero-order chi connectivity index (χ0) is 12.4. The Hall–Kier alpha value is -0.580. The molecule has 2 unspecified atom stereocenters. The van der Waals surface area contributed by atoms with Gasteiger partial charge in [0.2, 0.25) is 0 Å². The molecule has 4 nitrogen and oxygen atoms in total. The molecule has 1 aromatic heterocycles. The first-order valence-electron chi connectivity index (χ1n) is 6.08. The Morgan fingerprint density at radius 1 is 1.65 bits per heavy atom. The summed E-state index contributed by atoms with van der Waals surface area (Å²) in [7, 11) is 1.93. The smallest absolute Gasteiger partial charge is 0.0860 e. The van der Waals surface area contributed by atoms with Crippen LogP contribution in [0.1, 0.15) is 24.7 Å². The summed E-state index contributed by atoms with van der Waals surface area (Å²) in [6.07, 6.45) is 1.15. The number of aryl methyl sites for hydroxylation is 2. The number of nitrogens with zero attached hydrogens (tertiary/aromatic N) is 2. The lowest BCUT2D eigenvalue weighted by Crippen LogP contribution is -2.34. The molecule has 0 amide bonds. The van der Waals surface area contributed by atoms with Crippen molar-refractivity contribution in [1.82, 2.24) is 15.1 Å². The molecule has 0 saturated carbocycles. The molecule has 1 N–H and O–H groups in total. The summed E-state index contributed by atoms with van der Waals surface area (Å²) in [6.45, 7) is 6.65. The minimum atomic E-state index is 0.448. The second-order valence-electron chi connectivity index (χ2n) is 4.76. The molecule has 2 heterocycles. The highest BCUT2D eigenvalue weighted by Gasteiger charge is 2.22. The molecular weight excluding hydrogens is 238 g/mol. The van der Waals surface area contributed by atoms with Crippen molar-refractivity contribution >= 4 is 11.6 Å². The zero-order valence-electron chi connectivity index (χ0n) is 10.7. The van der Waals surface area contributed by atoms with Gasteiger partial charge in [0.15, 0.2) is 0 Å². The van der Waals surface area contributed by atoms with Gasteiger partial charge < -0.3 is 10.1 Å². The first-order chi connectivity index (χ1) is 8.09. The summed E-state index contributed by atoms with van der Waals surface area (Å²) in [5, 5.41) is 8.59. The molecule has 0 radical (unpaired) electrons. The summed E-state index contributed by atoms with van der Waals surface area (Å²) in [6, 6.07) is 0.448. The van der Waals surface area contributed by atoms with Gasteiger partial charge in [-0.15, -0.1) is 0 Å². The van der Waals surface area contributed by atoms with Crippen LogP contribution in [-0.4, -0.2) is 29.0 Å². The van der Waals surface area contributed by atoms with Gasteiger partial charge in [-0.05, 0) is 26.2 Å². The minimum absolute atomic E-state index is 0.448. The molecule has 1 aliphatic rings. The van der Waals surface area contributed by atoms with E-state index >= 15 is 0 Å². The van der Waals surface area contributed by atoms with Gasteiger partial charge in [-0.2, -0.15) is 5.10 Å². The molecular formula is C12H20ClN3O. The third kappa shape index (κ3) is 2.81. The Morgan fingerprint density at radius 3 is 2.94 bits per heavy atom. The lowest BCUT2D eigenvalue weighted by atomic mass is 10.0. The van der Waals surface area contributed by atoms with E-state index in [4.69, 9.17) is 16.3 Å². The van der Waals surface area contributed by atoms with Gasteiger partial charge in [-0.3, -0.25) is 4.68 Å². The molecule has 5 heteroatoms. The molecule has 2 atom stereocenters. The topological polar surface area (TPSA) is 39.1 Å². The highest BCUT2D eigenvalue weighted by Crippen LogP contribution is 2.21. The predicted octanol–water partition coefficient (Wildman–Crippen LogP) is 1.90. The molecule has 17 heavy (non-hydrogen) atoms. The SMILES string of the molecule is Cc1nn(C)c(CNC(C)C2CCOC2)c1Cl. The molecule has 96 valence electrons. The number of rotatable bonds is 4. The van der Waals surface area contributed by atoms with Crippen molar-refractivity contribution in [2.75, 3.05) is 13.2 Å². The van der Waals surface area contributed by atoms with Crippen LogP contribution in [0.5, 0.6) is 0 Å². The third-order valence-corrected chi connectivity index (χ3v) is 4.02. The van der Waals surface area contributed by atoms with Crippen LogP contribution < -0.4 is 5.32 Å². The van der Waals surface area contributed by atoms with Crippen LogP contribution in [0.2, 0.25) is 5.02 Å². The molecule has 0 spiro atoms. The molecule has 0 aliphatic carbocycles. The van der Waals surface area contributed by atoms with Gasteiger partial charge in [0.1, 0.15) is 0 Å². The maximum atomic E-state index is 6.21. The summed E-state index contributed by atoms with van der Waals surface area (Å²) in [5.74, 6) is 0.614. The van der Waals surface area contributed by atoms with Gasteiger partial charge in [0.25, 0.3) is 0 Å². The summed E-state index contributed by atoms with van der Waals surface area (Å²) in [5.41, 5.74) is 1.94. The van der Waals surface area contributed by atoms with E-state index in [1.54, 1.807) is 0 Å². The first-order valence-corrected chi connectivity index (χ1v) is 6.46. The number of nitrogens with one attached hydrogen (secondary N) is 1. The third-order valence-electron chi connectivity index (χ3n) is 3.53. The highest BCUT2D eigenvalue weighted by molar-refractivity contribution is 6.31. The number of aromatic nitrogens is 2. The largest absolute Gasteiger partial charge is 0.381 e. The fourth-order valence-electron chi connectivity index (χ4n) is 2.24. The van der Waals surface area contributed by atoms with Gasteiger partial charge in [0.05, 0.1) is 23.0 Å². The average Bonchev–Trinajstić information content (AvgIpc) is 2.88. The van der Waals surface area contributed by atoms with Crippen molar-refractivity contribution in [2.24, 2.45) is 13.0 Å². The lowest BCUT2D eigenvalue weighted by Gasteiger charge is -2.19. The summed E-state index contributed by atoms with van der Waals surface area (Å²) in [4.78, 5) is 0. The van der Waals surface area contributed by atoms with Crippen molar-refractivity contribution in [2.45, 2.75) is 32.9 Å². The predicted molar refractivity (Wildman–Crippen MR) is 68.2 cm³/mol. The van der Waals surface area contributed by atoms with E-state index in [1.165, 1.54) is 0 Å². The first kappa shape index (κ1) is 12.9. The molecule has 1 aromatic rings. The Balaban J connectivity index is 1.92. The van der Waals surface area contributed by atoms with Crippen LogP contribution in [0.25, 0.3) is 0 Å². The summed E-state index contributed by atoms with van der Waals surface area (Å²) < 4.78 is 7.25.